The third kappa shape index (κ3) is 6.57. The molecule has 0 N–H and O–H groups in total. The lowest BCUT2D eigenvalue weighted by atomic mass is 9.81. The molecule has 0 spiro atoms. The van der Waals surface area contributed by atoms with E-state index in [0.29, 0.717) is 12.5 Å². The zero-order chi connectivity index (χ0) is 30.1. The Bertz CT molecular complexity index is 1610. The molecule has 1 unspecified atom stereocenters. The molecule has 1 atom stereocenters. The molecule has 2 heterocycles. The summed E-state index contributed by atoms with van der Waals surface area (Å²) in [5, 5.41) is 0. The van der Waals surface area contributed by atoms with E-state index in [4.69, 9.17) is 9.98 Å². The van der Waals surface area contributed by atoms with Crippen LogP contribution in [0.25, 0.3) is 11.0 Å². The van der Waals surface area contributed by atoms with Gasteiger partial charge in [0.05, 0.1) is 16.7 Å². The maximum absolute atomic E-state index is 14.1. The van der Waals surface area contributed by atoms with E-state index in [-0.39, 0.29) is 30.6 Å². The molecule has 0 radical (unpaired) electrons. The van der Waals surface area contributed by atoms with Crippen LogP contribution in [0.15, 0.2) is 71.7 Å². The van der Waals surface area contributed by atoms with Gasteiger partial charge in [-0.3, -0.25) is 9.89 Å². The van der Waals surface area contributed by atoms with E-state index in [2.05, 4.69) is 54.5 Å². The number of imidazole rings is 1. The van der Waals surface area contributed by atoms with Crippen LogP contribution in [0.3, 0.4) is 0 Å². The molecule has 0 bridgehead atoms. The first-order valence-corrected chi connectivity index (χ1v) is 15.7. The van der Waals surface area contributed by atoms with E-state index >= 15 is 0 Å². The summed E-state index contributed by atoms with van der Waals surface area (Å²) >= 11 is 0. The number of alkyl halides is 2. The Hall–Kier alpha value is -3.45. The van der Waals surface area contributed by atoms with Crippen molar-refractivity contribution >= 4 is 16.7 Å². The van der Waals surface area contributed by atoms with Crippen LogP contribution in [0, 0.1) is 18.7 Å². The zero-order valence-corrected chi connectivity index (χ0v) is 25.4. The van der Waals surface area contributed by atoms with Crippen LogP contribution in [0.4, 0.5) is 13.2 Å². The van der Waals surface area contributed by atoms with Gasteiger partial charge in [0.1, 0.15) is 11.6 Å². The van der Waals surface area contributed by atoms with Gasteiger partial charge in [0.25, 0.3) is 0 Å². The minimum atomic E-state index is -2.51. The fraction of sp³-hybridized carbons (Fsp3) is 0.444. The highest BCUT2D eigenvalue weighted by molar-refractivity contribution is 6.13. The Morgan fingerprint density at radius 3 is 2.49 bits per heavy atom. The number of halogens is 3. The normalized spacial score (nSPS) is 19.1. The van der Waals surface area contributed by atoms with Crippen LogP contribution < -0.4 is 0 Å². The van der Waals surface area contributed by atoms with Crippen molar-refractivity contribution in [3.8, 4) is 0 Å². The second kappa shape index (κ2) is 12.3. The largest absolute Gasteiger partial charge is 0.327 e. The van der Waals surface area contributed by atoms with E-state index in [1.165, 1.54) is 11.6 Å². The molecule has 3 aromatic carbocycles. The summed E-state index contributed by atoms with van der Waals surface area (Å²) < 4.78 is 43.5. The molecule has 0 amide bonds. The quantitative estimate of drug-likeness (QED) is 0.184. The van der Waals surface area contributed by atoms with Crippen molar-refractivity contribution in [2.75, 3.05) is 13.1 Å². The summed E-state index contributed by atoms with van der Waals surface area (Å²) in [5.41, 5.74) is 7.07. The monoisotopic (exact) mass is 586 g/mol. The van der Waals surface area contributed by atoms with Crippen molar-refractivity contribution in [2.45, 2.75) is 83.8 Å². The second-order valence-corrected chi connectivity index (χ2v) is 12.6. The highest BCUT2D eigenvalue weighted by atomic mass is 19.3. The number of nitrogens with zero attached hydrogens (tertiary/aromatic N) is 4. The molecule has 1 aliphatic carbocycles. The fourth-order valence-corrected chi connectivity index (χ4v) is 6.71. The molecule has 7 heteroatoms. The van der Waals surface area contributed by atoms with Crippen LogP contribution in [0.2, 0.25) is 0 Å². The zero-order valence-electron chi connectivity index (χ0n) is 25.4. The van der Waals surface area contributed by atoms with Gasteiger partial charge in [0.15, 0.2) is 0 Å². The number of aromatic nitrogens is 2. The first-order valence-electron chi connectivity index (χ1n) is 15.7. The molecule has 226 valence electrons. The Kier molecular flexibility index (Phi) is 8.45. The van der Waals surface area contributed by atoms with Crippen molar-refractivity contribution in [3.05, 3.63) is 101 Å². The number of fused-ring (bicyclic) bond motifs is 1. The lowest BCUT2D eigenvalue weighted by molar-refractivity contribution is -0.114. The van der Waals surface area contributed by atoms with Gasteiger partial charge in [-0.25, -0.2) is 18.2 Å². The predicted octanol–water partition coefficient (Wildman–Crippen LogP) is 8.54. The smallest absolute Gasteiger partial charge is 0.248 e. The standard InChI is InChI=1S/C36H41F3N4/c1-4-25(3)40-34(29-8-7-9-30(37)19-29)31-13-12-26(18-24(31)2)22-42-16-14-28(15-17-42)35-41-32-10-5-6-11-33(32)43(35)23-27-20-36(38,39)21-27/h5-13,18-19,25,27-28H,4,14-17,20-23H2,1-3H3. The molecule has 1 aromatic heterocycles. The van der Waals surface area contributed by atoms with E-state index < -0.39 is 5.92 Å². The average Bonchev–Trinajstić information content (AvgIpc) is 3.34. The summed E-state index contributed by atoms with van der Waals surface area (Å²) in [6.45, 7) is 9.71. The third-order valence-corrected chi connectivity index (χ3v) is 9.24. The Balaban J connectivity index is 1.15. The van der Waals surface area contributed by atoms with Crippen LogP contribution in [-0.4, -0.2) is 45.2 Å². The van der Waals surface area contributed by atoms with Crippen molar-refractivity contribution < 1.29 is 13.2 Å². The minimum Gasteiger partial charge on any atom is -0.327 e. The lowest BCUT2D eigenvalue weighted by Crippen LogP contribution is -2.38. The highest BCUT2D eigenvalue weighted by Crippen LogP contribution is 2.44. The van der Waals surface area contributed by atoms with E-state index in [1.54, 1.807) is 12.1 Å². The molecule has 6 rings (SSSR count). The summed E-state index contributed by atoms with van der Waals surface area (Å²) in [6.07, 6.45) is 2.85. The number of rotatable bonds is 9. The Morgan fingerprint density at radius 1 is 1.02 bits per heavy atom. The number of likely N-dealkylation sites (tertiary alicyclic amines) is 1. The van der Waals surface area contributed by atoms with Gasteiger partial charge in [-0.05, 0) is 87.5 Å². The number of benzene rings is 3. The number of piperidine rings is 1. The minimum absolute atomic E-state index is 0.00863. The van der Waals surface area contributed by atoms with Gasteiger partial charge >= 0.3 is 0 Å². The molecular weight excluding hydrogens is 545 g/mol. The van der Waals surface area contributed by atoms with Crippen LogP contribution in [0.5, 0.6) is 0 Å². The summed E-state index contributed by atoms with van der Waals surface area (Å²) in [5.74, 6) is -1.38. The van der Waals surface area contributed by atoms with Crippen LogP contribution in [-0.2, 0) is 13.1 Å². The molecule has 1 saturated carbocycles. The summed E-state index contributed by atoms with van der Waals surface area (Å²) in [6, 6.07) is 21.5. The molecule has 2 fully saturated rings. The van der Waals surface area contributed by atoms with E-state index in [9.17, 15) is 13.2 Å². The third-order valence-electron chi connectivity index (χ3n) is 9.24. The highest BCUT2D eigenvalue weighted by Gasteiger charge is 2.45. The average molecular weight is 587 g/mol. The van der Waals surface area contributed by atoms with Crippen molar-refractivity contribution in [1.29, 1.82) is 0 Å². The van der Waals surface area contributed by atoms with E-state index in [1.807, 2.05) is 24.3 Å². The van der Waals surface area contributed by atoms with Gasteiger partial charge in [-0.1, -0.05) is 49.4 Å². The van der Waals surface area contributed by atoms with Crippen molar-refractivity contribution in [3.63, 3.8) is 0 Å². The molecule has 2 aliphatic rings. The summed E-state index contributed by atoms with van der Waals surface area (Å²) in [7, 11) is 0. The lowest BCUT2D eigenvalue weighted by Gasteiger charge is -2.36. The fourth-order valence-electron chi connectivity index (χ4n) is 6.71. The first kappa shape index (κ1) is 29.6. The molecular formula is C36H41F3N4. The van der Waals surface area contributed by atoms with Crippen molar-refractivity contribution in [2.24, 2.45) is 10.9 Å². The van der Waals surface area contributed by atoms with Crippen LogP contribution >= 0.6 is 0 Å². The van der Waals surface area contributed by atoms with E-state index in [0.717, 1.165) is 78.2 Å². The maximum Gasteiger partial charge on any atom is 0.248 e. The predicted molar refractivity (Wildman–Crippen MR) is 168 cm³/mol. The Labute approximate surface area is 252 Å². The SMILES string of the molecule is CCC(C)N=C(c1cccc(F)c1)c1ccc(CN2CCC(c3nc4ccccc4n3CC3CC(F)(F)C3)CC2)cc1C. The summed E-state index contributed by atoms with van der Waals surface area (Å²) in [4.78, 5) is 12.5. The van der Waals surface area contributed by atoms with Gasteiger partial charge < -0.3 is 4.57 Å². The number of aryl methyl sites for hydroxylation is 1. The molecule has 1 aliphatic heterocycles. The number of hydrogen-bond acceptors (Lipinski definition) is 3. The molecule has 4 aromatic rings. The number of hydrogen-bond donors (Lipinski definition) is 0. The van der Waals surface area contributed by atoms with Gasteiger partial charge in [0, 0.05) is 49.0 Å². The van der Waals surface area contributed by atoms with Gasteiger partial charge in [-0.15, -0.1) is 0 Å². The first-order chi connectivity index (χ1) is 20.7. The second-order valence-electron chi connectivity index (χ2n) is 12.6. The van der Waals surface area contributed by atoms with Gasteiger partial charge in [-0.2, -0.15) is 0 Å². The maximum atomic E-state index is 14.1. The number of para-hydroxylation sites is 2. The molecule has 4 nitrogen and oxygen atoms in total. The van der Waals surface area contributed by atoms with Crippen LogP contribution in [0.1, 0.15) is 79.9 Å². The van der Waals surface area contributed by atoms with Crippen molar-refractivity contribution in [1.82, 2.24) is 14.5 Å². The molecule has 43 heavy (non-hydrogen) atoms. The Morgan fingerprint density at radius 2 is 1.79 bits per heavy atom. The number of aliphatic imine (C=N–C) groups is 1. The topological polar surface area (TPSA) is 33.4 Å². The van der Waals surface area contributed by atoms with Gasteiger partial charge in [0.2, 0.25) is 5.92 Å². The molecule has 1 saturated heterocycles.